The summed E-state index contributed by atoms with van der Waals surface area (Å²) in [5.41, 5.74) is 0. The molecule has 90 valence electrons. The molecule has 0 aliphatic carbocycles. The molecular weight excluding hydrogens is 190 g/mol. The Hall–Kier alpha value is -0.120. The van der Waals surface area contributed by atoms with Crippen molar-refractivity contribution in [2.24, 2.45) is 5.92 Å². The second kappa shape index (κ2) is 7.20. The van der Waals surface area contributed by atoms with E-state index in [9.17, 15) is 0 Å². The van der Waals surface area contributed by atoms with E-state index in [1.807, 2.05) is 0 Å². The Balaban J connectivity index is 2.33. The van der Waals surface area contributed by atoms with Crippen molar-refractivity contribution in [3.05, 3.63) is 0 Å². The third-order valence-corrected chi connectivity index (χ3v) is 2.91. The van der Waals surface area contributed by atoms with Crippen LogP contribution in [0.15, 0.2) is 0 Å². The Bertz CT molecular complexity index is 156. The first-order valence-electron chi connectivity index (χ1n) is 6.16. The lowest BCUT2D eigenvalue weighted by Gasteiger charge is -2.31. The fourth-order valence-electron chi connectivity index (χ4n) is 2.04. The number of hydrogen-bond donors (Lipinski definition) is 1. The quantitative estimate of drug-likeness (QED) is 0.733. The standard InChI is InChI=1S/C12H25NO2/c1-4-13-12(9-15-10(2)3)11-5-7-14-8-6-11/h10-13H,4-9H2,1-3H3. The summed E-state index contributed by atoms with van der Waals surface area (Å²) in [5.74, 6) is 0.720. The third kappa shape index (κ3) is 4.96. The van der Waals surface area contributed by atoms with Gasteiger partial charge in [0.2, 0.25) is 0 Å². The Labute approximate surface area is 93.5 Å². The van der Waals surface area contributed by atoms with Crippen molar-refractivity contribution in [1.29, 1.82) is 0 Å². The number of hydrogen-bond acceptors (Lipinski definition) is 3. The zero-order chi connectivity index (χ0) is 11.1. The van der Waals surface area contributed by atoms with Gasteiger partial charge in [-0.1, -0.05) is 6.92 Å². The van der Waals surface area contributed by atoms with Crippen LogP contribution in [0.5, 0.6) is 0 Å². The van der Waals surface area contributed by atoms with Crippen molar-refractivity contribution in [1.82, 2.24) is 5.32 Å². The molecule has 0 aromatic rings. The molecule has 0 amide bonds. The molecule has 0 spiro atoms. The highest BCUT2D eigenvalue weighted by Gasteiger charge is 2.23. The summed E-state index contributed by atoms with van der Waals surface area (Å²) in [4.78, 5) is 0. The maximum absolute atomic E-state index is 5.71. The number of nitrogens with one attached hydrogen (secondary N) is 1. The van der Waals surface area contributed by atoms with Gasteiger partial charge in [-0.2, -0.15) is 0 Å². The Morgan fingerprint density at radius 1 is 1.33 bits per heavy atom. The van der Waals surface area contributed by atoms with E-state index >= 15 is 0 Å². The summed E-state index contributed by atoms with van der Waals surface area (Å²) < 4.78 is 11.1. The van der Waals surface area contributed by atoms with Crippen LogP contribution in [0.25, 0.3) is 0 Å². The van der Waals surface area contributed by atoms with Crippen molar-refractivity contribution in [3.8, 4) is 0 Å². The zero-order valence-electron chi connectivity index (χ0n) is 10.3. The van der Waals surface area contributed by atoms with Gasteiger partial charge in [-0.15, -0.1) is 0 Å². The van der Waals surface area contributed by atoms with E-state index in [1.165, 1.54) is 12.8 Å². The molecule has 1 atom stereocenters. The van der Waals surface area contributed by atoms with Gasteiger partial charge in [0.15, 0.2) is 0 Å². The number of ether oxygens (including phenoxy) is 2. The van der Waals surface area contributed by atoms with E-state index in [0.29, 0.717) is 12.1 Å². The first kappa shape index (κ1) is 12.9. The average Bonchev–Trinajstić information content (AvgIpc) is 2.25. The lowest BCUT2D eigenvalue weighted by molar-refractivity contribution is 0.0131. The summed E-state index contributed by atoms with van der Waals surface area (Å²) in [6, 6.07) is 0.501. The molecule has 0 aromatic heterocycles. The summed E-state index contributed by atoms with van der Waals surface area (Å²) in [7, 11) is 0. The first-order valence-corrected chi connectivity index (χ1v) is 6.16. The van der Waals surface area contributed by atoms with Crippen molar-refractivity contribution >= 4 is 0 Å². The molecule has 1 saturated heterocycles. The van der Waals surface area contributed by atoms with Crippen LogP contribution < -0.4 is 5.32 Å². The van der Waals surface area contributed by atoms with Crippen LogP contribution in [0.2, 0.25) is 0 Å². The van der Waals surface area contributed by atoms with E-state index in [1.54, 1.807) is 0 Å². The van der Waals surface area contributed by atoms with Crippen molar-refractivity contribution < 1.29 is 9.47 Å². The average molecular weight is 215 g/mol. The molecule has 3 heteroatoms. The molecule has 3 nitrogen and oxygen atoms in total. The maximum atomic E-state index is 5.71. The molecule has 1 N–H and O–H groups in total. The Kier molecular flexibility index (Phi) is 6.22. The van der Waals surface area contributed by atoms with Crippen LogP contribution in [0.3, 0.4) is 0 Å². The second-order valence-electron chi connectivity index (χ2n) is 4.50. The molecule has 0 saturated carbocycles. The van der Waals surface area contributed by atoms with Crippen molar-refractivity contribution in [2.45, 2.75) is 45.8 Å². The largest absolute Gasteiger partial charge is 0.381 e. The van der Waals surface area contributed by atoms with Crippen LogP contribution in [0.4, 0.5) is 0 Å². The van der Waals surface area contributed by atoms with Gasteiger partial charge in [-0.3, -0.25) is 0 Å². The van der Waals surface area contributed by atoms with Crippen molar-refractivity contribution in [3.63, 3.8) is 0 Å². The van der Waals surface area contributed by atoms with Crippen LogP contribution >= 0.6 is 0 Å². The molecule has 1 aliphatic rings. The highest BCUT2D eigenvalue weighted by atomic mass is 16.5. The van der Waals surface area contributed by atoms with Gasteiger partial charge in [0.25, 0.3) is 0 Å². The van der Waals surface area contributed by atoms with Crippen LogP contribution in [-0.4, -0.2) is 38.5 Å². The van der Waals surface area contributed by atoms with Crippen LogP contribution in [0, 0.1) is 5.92 Å². The fourth-order valence-corrected chi connectivity index (χ4v) is 2.04. The zero-order valence-corrected chi connectivity index (χ0v) is 10.3. The minimum atomic E-state index is 0.325. The Morgan fingerprint density at radius 2 is 2.00 bits per heavy atom. The molecule has 1 fully saturated rings. The highest BCUT2D eigenvalue weighted by Crippen LogP contribution is 2.19. The second-order valence-corrected chi connectivity index (χ2v) is 4.50. The van der Waals surface area contributed by atoms with Gasteiger partial charge >= 0.3 is 0 Å². The minimum absolute atomic E-state index is 0.325. The molecule has 15 heavy (non-hydrogen) atoms. The van der Waals surface area contributed by atoms with Gasteiger partial charge in [0.1, 0.15) is 0 Å². The lowest BCUT2D eigenvalue weighted by atomic mass is 9.92. The first-order chi connectivity index (χ1) is 7.24. The monoisotopic (exact) mass is 215 g/mol. The number of likely N-dealkylation sites (N-methyl/N-ethyl adjacent to an activating group) is 1. The van der Waals surface area contributed by atoms with Crippen LogP contribution in [0.1, 0.15) is 33.6 Å². The summed E-state index contributed by atoms with van der Waals surface area (Å²) in [6.45, 7) is 10.0. The lowest BCUT2D eigenvalue weighted by Crippen LogP contribution is -2.42. The van der Waals surface area contributed by atoms with E-state index in [0.717, 1.165) is 32.3 Å². The van der Waals surface area contributed by atoms with Crippen molar-refractivity contribution in [2.75, 3.05) is 26.4 Å². The molecular formula is C12H25NO2. The summed E-state index contributed by atoms with van der Waals surface area (Å²) >= 11 is 0. The van der Waals surface area contributed by atoms with Gasteiger partial charge in [0, 0.05) is 19.3 Å². The fraction of sp³-hybridized carbons (Fsp3) is 1.00. The van der Waals surface area contributed by atoms with Crippen LogP contribution in [-0.2, 0) is 9.47 Å². The molecule has 1 unspecified atom stereocenters. The smallest absolute Gasteiger partial charge is 0.0625 e. The molecule has 1 heterocycles. The van der Waals surface area contributed by atoms with Gasteiger partial charge < -0.3 is 14.8 Å². The minimum Gasteiger partial charge on any atom is -0.381 e. The molecule has 1 aliphatic heterocycles. The topological polar surface area (TPSA) is 30.5 Å². The van der Waals surface area contributed by atoms with E-state index in [4.69, 9.17) is 9.47 Å². The predicted octanol–water partition coefficient (Wildman–Crippen LogP) is 1.82. The molecule has 0 aromatic carbocycles. The van der Waals surface area contributed by atoms with Gasteiger partial charge in [0.05, 0.1) is 12.7 Å². The summed E-state index contributed by atoms with van der Waals surface area (Å²) in [6.07, 6.45) is 2.66. The van der Waals surface area contributed by atoms with Gasteiger partial charge in [-0.05, 0) is 39.2 Å². The van der Waals surface area contributed by atoms with E-state index in [2.05, 4.69) is 26.1 Å². The molecule has 0 bridgehead atoms. The summed E-state index contributed by atoms with van der Waals surface area (Å²) in [5, 5.41) is 3.53. The predicted molar refractivity (Wildman–Crippen MR) is 62.1 cm³/mol. The van der Waals surface area contributed by atoms with E-state index < -0.39 is 0 Å². The maximum Gasteiger partial charge on any atom is 0.0625 e. The number of rotatable bonds is 6. The van der Waals surface area contributed by atoms with Gasteiger partial charge in [-0.25, -0.2) is 0 Å². The normalized spacial score (nSPS) is 20.8. The Morgan fingerprint density at radius 3 is 2.53 bits per heavy atom. The SMILES string of the molecule is CCNC(COC(C)C)C1CCOCC1. The molecule has 1 rings (SSSR count). The third-order valence-electron chi connectivity index (χ3n) is 2.91. The molecule has 0 radical (unpaired) electrons. The van der Waals surface area contributed by atoms with E-state index in [-0.39, 0.29) is 0 Å². The highest BCUT2D eigenvalue weighted by molar-refractivity contribution is 4.78.